The molecule has 0 aliphatic carbocycles. The van der Waals surface area contributed by atoms with Crippen molar-refractivity contribution in [3.63, 3.8) is 0 Å². The average molecular weight is 436 g/mol. The summed E-state index contributed by atoms with van der Waals surface area (Å²) in [7, 11) is 0. The Morgan fingerprint density at radius 3 is 2.70 bits per heavy atom. The van der Waals surface area contributed by atoms with Gasteiger partial charge in [-0.1, -0.05) is 22.9 Å². The van der Waals surface area contributed by atoms with E-state index in [9.17, 15) is 0 Å². The van der Waals surface area contributed by atoms with Gasteiger partial charge in [0.15, 0.2) is 5.96 Å². The molecule has 3 rings (SSSR count). The lowest BCUT2D eigenvalue weighted by Gasteiger charge is -2.31. The summed E-state index contributed by atoms with van der Waals surface area (Å²) in [4.78, 5) is 9.93. The number of rotatable bonds is 6. The van der Waals surface area contributed by atoms with Crippen LogP contribution in [0.1, 0.15) is 33.1 Å². The maximum absolute atomic E-state index is 4.92. The van der Waals surface area contributed by atoms with Crippen molar-refractivity contribution in [2.45, 2.75) is 39.2 Å². The largest absolute Gasteiger partial charge is 0.369 e. The predicted octanol–water partition coefficient (Wildman–Crippen LogP) is 3.31. The molecule has 0 saturated carbocycles. The number of hydrogen-bond donors (Lipinski definition) is 2. The lowest BCUT2D eigenvalue weighted by molar-refractivity contribution is 0.186. The molecule has 2 saturated heterocycles. The molecule has 2 fully saturated rings. The van der Waals surface area contributed by atoms with Crippen LogP contribution in [0.5, 0.6) is 0 Å². The number of guanidine groups is 1. The van der Waals surface area contributed by atoms with Gasteiger partial charge >= 0.3 is 0 Å². The van der Waals surface area contributed by atoms with Crippen LogP contribution in [0.3, 0.4) is 0 Å². The van der Waals surface area contributed by atoms with Gasteiger partial charge in [0.05, 0.1) is 0 Å². The Kier molecular flexibility index (Phi) is 7.82. The highest BCUT2D eigenvalue weighted by molar-refractivity contribution is 9.10. The molecule has 150 valence electrons. The second-order valence-electron chi connectivity index (χ2n) is 7.67. The van der Waals surface area contributed by atoms with E-state index in [0.29, 0.717) is 12.0 Å². The van der Waals surface area contributed by atoms with E-state index in [1.165, 1.54) is 31.6 Å². The van der Waals surface area contributed by atoms with Gasteiger partial charge in [0, 0.05) is 48.9 Å². The zero-order valence-corrected chi connectivity index (χ0v) is 18.3. The molecule has 5 nitrogen and oxygen atoms in total. The van der Waals surface area contributed by atoms with Gasteiger partial charge in [-0.05, 0) is 69.5 Å². The molecule has 2 heterocycles. The Hall–Kier alpha value is -1.27. The van der Waals surface area contributed by atoms with Crippen LogP contribution in [0.2, 0.25) is 0 Å². The topological polar surface area (TPSA) is 42.9 Å². The minimum absolute atomic E-state index is 0.449. The zero-order valence-electron chi connectivity index (χ0n) is 16.8. The number of nitrogens with zero attached hydrogens (tertiary/aromatic N) is 3. The van der Waals surface area contributed by atoms with Crippen molar-refractivity contribution < 1.29 is 0 Å². The van der Waals surface area contributed by atoms with Gasteiger partial charge in [-0.3, -0.25) is 4.99 Å². The minimum Gasteiger partial charge on any atom is -0.369 e. The summed E-state index contributed by atoms with van der Waals surface area (Å²) in [6.07, 6.45) is 3.76. The minimum atomic E-state index is 0.449. The summed E-state index contributed by atoms with van der Waals surface area (Å²) in [6, 6.07) is 9.06. The van der Waals surface area contributed by atoms with Crippen molar-refractivity contribution in [3.05, 3.63) is 28.7 Å². The first-order valence-electron chi connectivity index (χ1n) is 10.5. The number of hydrogen-bond acceptors (Lipinski definition) is 3. The fourth-order valence-corrected chi connectivity index (χ4v) is 4.35. The van der Waals surface area contributed by atoms with Gasteiger partial charge in [0.1, 0.15) is 0 Å². The van der Waals surface area contributed by atoms with Crippen molar-refractivity contribution in [1.82, 2.24) is 15.5 Å². The second kappa shape index (κ2) is 10.3. The number of likely N-dealkylation sites (tertiary alicyclic amines) is 1. The van der Waals surface area contributed by atoms with Crippen molar-refractivity contribution in [2.75, 3.05) is 50.7 Å². The van der Waals surface area contributed by atoms with E-state index in [1.807, 2.05) is 0 Å². The Bertz CT molecular complexity index is 603. The van der Waals surface area contributed by atoms with E-state index in [4.69, 9.17) is 4.99 Å². The predicted molar refractivity (Wildman–Crippen MR) is 119 cm³/mol. The van der Waals surface area contributed by atoms with E-state index in [-0.39, 0.29) is 0 Å². The lowest BCUT2D eigenvalue weighted by atomic mass is 9.98. The molecule has 27 heavy (non-hydrogen) atoms. The molecule has 2 N–H and O–H groups in total. The summed E-state index contributed by atoms with van der Waals surface area (Å²) >= 11 is 3.52. The molecule has 2 aliphatic heterocycles. The van der Waals surface area contributed by atoms with Crippen molar-refractivity contribution in [2.24, 2.45) is 10.9 Å². The summed E-state index contributed by atoms with van der Waals surface area (Å²) in [5.74, 6) is 1.67. The Labute approximate surface area is 172 Å². The maximum atomic E-state index is 4.92. The Balaban J connectivity index is 1.52. The molecule has 0 aromatic heterocycles. The summed E-state index contributed by atoms with van der Waals surface area (Å²) in [5, 5.41) is 7.10. The first-order chi connectivity index (χ1) is 13.2. The van der Waals surface area contributed by atoms with Crippen LogP contribution >= 0.6 is 15.9 Å². The highest BCUT2D eigenvalue weighted by Crippen LogP contribution is 2.22. The number of piperidine rings is 1. The molecule has 0 radical (unpaired) electrons. The molecule has 0 bridgehead atoms. The van der Waals surface area contributed by atoms with Crippen LogP contribution in [-0.2, 0) is 0 Å². The normalized spacial score (nSPS) is 24.3. The molecule has 1 aromatic carbocycles. The SMILES string of the molecule is CCNC(=NCC1CCCN(CC)C1)NC1CCN(c2ccc(Br)cc2)C1. The summed E-state index contributed by atoms with van der Waals surface area (Å²) < 4.78 is 1.13. The second-order valence-corrected chi connectivity index (χ2v) is 8.59. The maximum Gasteiger partial charge on any atom is 0.191 e. The molecule has 0 amide bonds. The monoisotopic (exact) mass is 435 g/mol. The smallest absolute Gasteiger partial charge is 0.191 e. The molecule has 2 aliphatic rings. The van der Waals surface area contributed by atoms with Crippen molar-refractivity contribution >= 4 is 27.6 Å². The summed E-state index contributed by atoms with van der Waals surface area (Å²) in [6.45, 7) is 11.9. The molecular formula is C21H34BrN5. The van der Waals surface area contributed by atoms with Crippen LogP contribution in [-0.4, -0.2) is 62.7 Å². The van der Waals surface area contributed by atoms with Gasteiger partial charge in [-0.25, -0.2) is 0 Å². The number of nitrogens with one attached hydrogen (secondary N) is 2. The average Bonchev–Trinajstić information content (AvgIpc) is 3.15. The van der Waals surface area contributed by atoms with Crippen LogP contribution in [0.25, 0.3) is 0 Å². The van der Waals surface area contributed by atoms with E-state index in [1.54, 1.807) is 0 Å². The van der Waals surface area contributed by atoms with Gasteiger partial charge < -0.3 is 20.4 Å². The third-order valence-corrected chi connectivity index (χ3v) is 6.15. The molecule has 0 spiro atoms. The molecule has 1 aromatic rings. The number of anilines is 1. The van der Waals surface area contributed by atoms with Crippen molar-refractivity contribution in [1.29, 1.82) is 0 Å². The quantitative estimate of drug-likeness (QED) is 0.531. The van der Waals surface area contributed by atoms with E-state index >= 15 is 0 Å². The van der Waals surface area contributed by atoms with Crippen LogP contribution in [0.4, 0.5) is 5.69 Å². The molecule has 6 heteroatoms. The third kappa shape index (κ3) is 6.11. The Morgan fingerprint density at radius 1 is 1.15 bits per heavy atom. The molecule has 2 unspecified atom stereocenters. The van der Waals surface area contributed by atoms with E-state index in [2.05, 4.69) is 74.5 Å². The Morgan fingerprint density at radius 2 is 1.96 bits per heavy atom. The molecule has 2 atom stereocenters. The fraction of sp³-hybridized carbons (Fsp3) is 0.667. The standard InChI is InChI=1S/C21H34BrN5/c1-3-23-21(24-14-17-6-5-12-26(4-2)15-17)25-19-11-13-27(16-19)20-9-7-18(22)8-10-20/h7-10,17,19H,3-6,11-16H2,1-2H3,(H2,23,24,25). The first kappa shape index (κ1) is 20.5. The van der Waals surface area contributed by atoms with Gasteiger partial charge in [-0.15, -0.1) is 0 Å². The number of benzene rings is 1. The fourth-order valence-electron chi connectivity index (χ4n) is 4.09. The highest BCUT2D eigenvalue weighted by Gasteiger charge is 2.24. The zero-order chi connectivity index (χ0) is 19.1. The lowest BCUT2D eigenvalue weighted by Crippen LogP contribution is -2.45. The van der Waals surface area contributed by atoms with Crippen LogP contribution < -0.4 is 15.5 Å². The first-order valence-corrected chi connectivity index (χ1v) is 11.2. The van der Waals surface area contributed by atoms with Gasteiger partial charge in [-0.2, -0.15) is 0 Å². The number of halogens is 1. The third-order valence-electron chi connectivity index (χ3n) is 5.62. The van der Waals surface area contributed by atoms with Crippen LogP contribution in [0, 0.1) is 5.92 Å². The number of aliphatic imine (C=N–C) groups is 1. The highest BCUT2D eigenvalue weighted by atomic mass is 79.9. The van der Waals surface area contributed by atoms with E-state index in [0.717, 1.165) is 49.6 Å². The van der Waals surface area contributed by atoms with E-state index < -0.39 is 0 Å². The van der Waals surface area contributed by atoms with Gasteiger partial charge in [0.2, 0.25) is 0 Å². The van der Waals surface area contributed by atoms with Crippen LogP contribution in [0.15, 0.2) is 33.7 Å². The molecular weight excluding hydrogens is 402 g/mol. The summed E-state index contributed by atoms with van der Waals surface area (Å²) in [5.41, 5.74) is 1.30. The van der Waals surface area contributed by atoms with Gasteiger partial charge in [0.25, 0.3) is 0 Å². The van der Waals surface area contributed by atoms with Crippen molar-refractivity contribution in [3.8, 4) is 0 Å².